The molecule has 0 saturated carbocycles. The number of anilines is 3. The van der Waals surface area contributed by atoms with Gasteiger partial charge in [0.15, 0.2) is 5.82 Å². The molecule has 5 rings (SSSR count). The Balaban J connectivity index is 1.47. The van der Waals surface area contributed by atoms with E-state index in [1.54, 1.807) is 0 Å². The summed E-state index contributed by atoms with van der Waals surface area (Å²) >= 11 is 0. The summed E-state index contributed by atoms with van der Waals surface area (Å²) < 4.78 is 98.8. The molecular weight excluding hydrogens is 641 g/mol. The predicted molar refractivity (Wildman–Crippen MR) is 156 cm³/mol. The summed E-state index contributed by atoms with van der Waals surface area (Å²) in [5.74, 6) is -1.94. The highest BCUT2D eigenvalue weighted by Crippen LogP contribution is 2.37. The number of rotatable bonds is 8. The number of nitrogen functional groups attached to an aromatic ring is 1. The summed E-state index contributed by atoms with van der Waals surface area (Å²) in [5, 5.41) is 10.7. The molecule has 1 aliphatic rings. The number of halogens is 7. The zero-order valence-corrected chi connectivity index (χ0v) is 24.3. The molecule has 1 fully saturated rings. The summed E-state index contributed by atoms with van der Waals surface area (Å²) in [6.45, 7) is 0.747. The molecule has 0 aliphatic carbocycles. The van der Waals surface area contributed by atoms with Gasteiger partial charge in [-0.1, -0.05) is 12.1 Å². The number of nitrogens with one attached hydrogen (secondary N) is 3. The first-order valence-corrected chi connectivity index (χ1v) is 14.0. The van der Waals surface area contributed by atoms with Crippen LogP contribution in [-0.4, -0.2) is 70.5 Å². The van der Waals surface area contributed by atoms with Crippen LogP contribution >= 0.6 is 0 Å². The van der Waals surface area contributed by atoms with Gasteiger partial charge in [0.25, 0.3) is 0 Å². The number of benzene rings is 2. The molecule has 2 aromatic carbocycles. The summed E-state index contributed by atoms with van der Waals surface area (Å²) in [6.07, 6.45) is -8.63. The Labute approximate surface area is 261 Å². The summed E-state index contributed by atoms with van der Waals surface area (Å²) in [4.78, 5) is 31.4. The normalized spacial score (nSPS) is 14.3. The van der Waals surface area contributed by atoms with Crippen LogP contribution in [0.1, 0.15) is 16.8 Å². The van der Waals surface area contributed by atoms with Crippen molar-refractivity contribution < 1.29 is 45.1 Å². The van der Waals surface area contributed by atoms with Crippen LogP contribution in [-0.2, 0) is 28.7 Å². The molecule has 47 heavy (non-hydrogen) atoms. The molecule has 2 aromatic heterocycles. The van der Waals surface area contributed by atoms with Gasteiger partial charge in [0.05, 0.1) is 36.6 Å². The van der Waals surface area contributed by atoms with Gasteiger partial charge in [0, 0.05) is 30.9 Å². The Morgan fingerprint density at radius 1 is 0.979 bits per heavy atom. The van der Waals surface area contributed by atoms with Crippen molar-refractivity contribution in [1.29, 1.82) is 0 Å². The number of urea groups is 1. The van der Waals surface area contributed by atoms with Crippen LogP contribution in [0.4, 0.5) is 52.7 Å². The van der Waals surface area contributed by atoms with E-state index in [0.717, 1.165) is 0 Å². The molecule has 3 amide bonds. The lowest BCUT2D eigenvalue weighted by Gasteiger charge is -2.26. The van der Waals surface area contributed by atoms with E-state index in [9.17, 15) is 40.3 Å². The maximum atomic E-state index is 14.1. The molecule has 18 heteroatoms. The first-order chi connectivity index (χ1) is 22.2. The van der Waals surface area contributed by atoms with Gasteiger partial charge in [-0.25, -0.2) is 18.7 Å². The van der Waals surface area contributed by atoms with Gasteiger partial charge in [-0.2, -0.15) is 31.4 Å². The Kier molecular flexibility index (Phi) is 9.53. The molecule has 250 valence electrons. The maximum Gasteiger partial charge on any atom is 0.416 e. The van der Waals surface area contributed by atoms with Crippen molar-refractivity contribution in [3.63, 3.8) is 0 Å². The van der Waals surface area contributed by atoms with Gasteiger partial charge in [0.1, 0.15) is 24.2 Å². The fourth-order valence-electron chi connectivity index (χ4n) is 5.08. The van der Waals surface area contributed by atoms with Crippen LogP contribution in [0.15, 0.2) is 48.8 Å². The van der Waals surface area contributed by atoms with Crippen molar-refractivity contribution in [2.45, 2.75) is 25.3 Å². The predicted octanol–water partition coefficient (Wildman–Crippen LogP) is 4.83. The SMILES string of the molecule is Nc1ncnn2c(CN3CCOCC3)c(CC(=O)NCC(F)(F)F)c(-c3ccc(NC(=O)Nc4cc(C(F)(F)F)ccc4F)cc3)c12. The number of alkyl halides is 6. The minimum absolute atomic E-state index is 0.0323. The van der Waals surface area contributed by atoms with E-state index in [4.69, 9.17) is 10.5 Å². The second-order valence-electron chi connectivity index (χ2n) is 10.5. The molecule has 5 N–H and O–H groups in total. The minimum Gasteiger partial charge on any atom is -0.382 e. The molecular formula is C29H27F7N8O3. The molecule has 0 radical (unpaired) electrons. The quantitative estimate of drug-likeness (QED) is 0.197. The maximum absolute atomic E-state index is 14.1. The Morgan fingerprint density at radius 3 is 2.34 bits per heavy atom. The van der Waals surface area contributed by atoms with Crippen molar-refractivity contribution in [3.8, 4) is 11.1 Å². The topological polar surface area (TPSA) is 139 Å². The lowest BCUT2D eigenvalue weighted by molar-refractivity contribution is -0.138. The molecule has 1 saturated heterocycles. The zero-order chi connectivity index (χ0) is 33.9. The van der Waals surface area contributed by atoms with Crippen LogP contribution in [0.25, 0.3) is 16.6 Å². The molecule has 1 aliphatic heterocycles. The van der Waals surface area contributed by atoms with Crippen LogP contribution in [0.2, 0.25) is 0 Å². The molecule has 0 atom stereocenters. The number of carbonyl (C=O) groups excluding carboxylic acids is 2. The third-order valence-electron chi connectivity index (χ3n) is 7.23. The molecule has 4 aromatic rings. The third kappa shape index (κ3) is 8.07. The number of fused-ring (bicyclic) bond motifs is 1. The van der Waals surface area contributed by atoms with Gasteiger partial charge < -0.3 is 26.4 Å². The summed E-state index contributed by atoms with van der Waals surface area (Å²) in [6, 6.07) is 6.46. The smallest absolute Gasteiger partial charge is 0.382 e. The van der Waals surface area contributed by atoms with E-state index < -0.39 is 54.3 Å². The van der Waals surface area contributed by atoms with E-state index in [-0.39, 0.29) is 18.1 Å². The van der Waals surface area contributed by atoms with Crippen molar-refractivity contribution in [2.75, 3.05) is 49.2 Å². The summed E-state index contributed by atoms with van der Waals surface area (Å²) in [7, 11) is 0. The molecule has 0 unspecified atom stereocenters. The molecule has 11 nitrogen and oxygen atoms in total. The first-order valence-electron chi connectivity index (χ1n) is 14.0. The lowest BCUT2D eigenvalue weighted by Crippen LogP contribution is -2.37. The highest BCUT2D eigenvalue weighted by atomic mass is 19.4. The largest absolute Gasteiger partial charge is 0.416 e. The van der Waals surface area contributed by atoms with Gasteiger partial charge in [-0.05, 0) is 41.5 Å². The van der Waals surface area contributed by atoms with E-state index in [1.165, 1.54) is 35.1 Å². The number of morpholine rings is 1. The minimum atomic E-state index is -4.76. The fourth-order valence-corrected chi connectivity index (χ4v) is 5.08. The van der Waals surface area contributed by atoms with Gasteiger partial charge in [-0.3, -0.25) is 9.69 Å². The number of amides is 3. The van der Waals surface area contributed by atoms with Crippen molar-refractivity contribution in [1.82, 2.24) is 24.8 Å². The van der Waals surface area contributed by atoms with Gasteiger partial charge >= 0.3 is 18.4 Å². The highest BCUT2D eigenvalue weighted by molar-refractivity contribution is 6.00. The number of carbonyl (C=O) groups is 2. The van der Waals surface area contributed by atoms with Gasteiger partial charge in [-0.15, -0.1) is 0 Å². The average molecular weight is 669 g/mol. The second-order valence-corrected chi connectivity index (χ2v) is 10.5. The highest BCUT2D eigenvalue weighted by Gasteiger charge is 2.32. The van der Waals surface area contributed by atoms with E-state index in [2.05, 4.69) is 15.4 Å². The number of hydrogen-bond acceptors (Lipinski definition) is 7. The molecule has 0 spiro atoms. The van der Waals surface area contributed by atoms with Crippen molar-refractivity contribution in [3.05, 3.63) is 71.4 Å². The lowest BCUT2D eigenvalue weighted by atomic mass is 9.97. The Hall–Kier alpha value is -4.97. The number of nitrogens with zero attached hydrogens (tertiary/aromatic N) is 4. The van der Waals surface area contributed by atoms with Gasteiger partial charge in [0.2, 0.25) is 5.91 Å². The van der Waals surface area contributed by atoms with E-state index in [0.29, 0.717) is 72.4 Å². The van der Waals surface area contributed by atoms with Crippen molar-refractivity contribution in [2.24, 2.45) is 0 Å². The summed E-state index contributed by atoms with van der Waals surface area (Å²) in [5.41, 5.74) is 6.52. The first kappa shape index (κ1) is 33.4. The van der Waals surface area contributed by atoms with Crippen LogP contribution in [0.3, 0.4) is 0 Å². The molecule has 3 heterocycles. The zero-order valence-electron chi connectivity index (χ0n) is 24.3. The Bertz CT molecular complexity index is 1770. The van der Waals surface area contributed by atoms with E-state index in [1.807, 2.05) is 15.5 Å². The van der Waals surface area contributed by atoms with Crippen molar-refractivity contribution >= 4 is 34.6 Å². The van der Waals surface area contributed by atoms with E-state index >= 15 is 0 Å². The number of nitrogens with two attached hydrogens (primary N) is 1. The second kappa shape index (κ2) is 13.4. The number of aromatic nitrogens is 3. The van der Waals surface area contributed by atoms with Crippen LogP contribution in [0.5, 0.6) is 0 Å². The van der Waals surface area contributed by atoms with Crippen LogP contribution in [0, 0.1) is 5.82 Å². The fraction of sp³-hybridized carbons (Fsp3) is 0.310. The average Bonchev–Trinajstić information content (AvgIpc) is 3.30. The monoisotopic (exact) mass is 668 g/mol. The number of ether oxygens (including phenoxy) is 1. The number of hydrogen-bond donors (Lipinski definition) is 4. The van der Waals surface area contributed by atoms with Crippen LogP contribution < -0.4 is 21.7 Å². The molecule has 0 bridgehead atoms. The third-order valence-corrected chi connectivity index (χ3v) is 7.23. The standard InChI is InChI=1S/C29H27F7N8O3/c30-20-6-3-17(29(34,35)36)11-21(20)42-27(46)41-18-4-1-16(2-5-18)24-19(12-23(45)38-14-28(31,32)33)22(13-43-7-9-47-10-8-43)44-25(24)26(37)39-15-40-44/h1-6,11,15H,7-10,12-14H2,(H,38,45)(H2,37,39,40)(H2,41,42,46). The Morgan fingerprint density at radius 2 is 1.68 bits per heavy atom.